The average Bonchev–Trinajstić information content (AvgIpc) is 3.10. The Morgan fingerprint density at radius 1 is 0.857 bits per heavy atom. The normalized spacial score (nSPS) is 37.6. The summed E-state index contributed by atoms with van der Waals surface area (Å²) in [5.74, 6) is 4.20. The van der Waals surface area contributed by atoms with E-state index in [2.05, 4.69) is 32.0 Å². The fourth-order valence-corrected chi connectivity index (χ4v) is 6.18. The lowest BCUT2D eigenvalue weighted by Gasteiger charge is -2.38. The van der Waals surface area contributed by atoms with E-state index in [-0.39, 0.29) is 0 Å². The molecule has 0 aromatic carbocycles. The van der Waals surface area contributed by atoms with Crippen LogP contribution in [0, 0.1) is 17.8 Å². The van der Waals surface area contributed by atoms with Crippen molar-refractivity contribution in [3.8, 4) is 0 Å². The standard InChI is InChI=1S/C24H36N4/c1-15-8-10-18(11-9-15)23-19-6-4-5-7-20(19)24(27-26-23)28-14-25-21-12-16(2)17(3)13-22(21)28/h14-18,21-22H,4-13H2,1-3H3. The van der Waals surface area contributed by atoms with Crippen molar-refractivity contribution in [1.29, 1.82) is 0 Å². The largest absolute Gasteiger partial charge is 0.310 e. The van der Waals surface area contributed by atoms with Crippen LogP contribution in [0.1, 0.15) is 94.9 Å². The monoisotopic (exact) mass is 380 g/mol. The number of hydrogen-bond donors (Lipinski definition) is 0. The summed E-state index contributed by atoms with van der Waals surface area (Å²) in [6, 6.07) is 0.944. The molecule has 0 spiro atoms. The molecule has 0 bridgehead atoms. The van der Waals surface area contributed by atoms with Crippen molar-refractivity contribution in [3.05, 3.63) is 16.8 Å². The predicted octanol–water partition coefficient (Wildman–Crippen LogP) is 5.30. The lowest BCUT2D eigenvalue weighted by molar-refractivity contribution is 0.234. The van der Waals surface area contributed by atoms with Gasteiger partial charge in [0.25, 0.3) is 0 Å². The van der Waals surface area contributed by atoms with E-state index in [1.807, 2.05) is 0 Å². The van der Waals surface area contributed by atoms with Crippen molar-refractivity contribution < 1.29 is 0 Å². The third-order valence-electron chi connectivity index (χ3n) is 8.33. The molecular formula is C24H36N4. The minimum absolute atomic E-state index is 0.451. The van der Waals surface area contributed by atoms with Gasteiger partial charge in [-0.2, -0.15) is 5.10 Å². The summed E-state index contributed by atoms with van der Waals surface area (Å²) in [5, 5.41) is 9.79. The van der Waals surface area contributed by atoms with E-state index in [0.717, 1.165) is 23.6 Å². The zero-order chi connectivity index (χ0) is 19.3. The van der Waals surface area contributed by atoms with E-state index in [1.54, 1.807) is 5.56 Å². The SMILES string of the molecule is CC1CCC(c2nnc(N3C=NC4CC(C)C(C)CC43)c3c2CCCC3)CC1. The summed E-state index contributed by atoms with van der Waals surface area (Å²) in [4.78, 5) is 7.32. The maximum atomic E-state index is 4.90. The van der Waals surface area contributed by atoms with Gasteiger partial charge in [0, 0.05) is 11.5 Å². The fraction of sp³-hybridized carbons (Fsp3) is 0.792. The molecule has 1 aromatic heterocycles. The molecule has 0 saturated heterocycles. The van der Waals surface area contributed by atoms with Gasteiger partial charge < -0.3 is 4.90 Å². The molecule has 2 fully saturated rings. The van der Waals surface area contributed by atoms with Crippen LogP contribution in [0.25, 0.3) is 0 Å². The van der Waals surface area contributed by atoms with E-state index in [1.165, 1.54) is 75.5 Å². The molecule has 4 atom stereocenters. The van der Waals surface area contributed by atoms with Gasteiger partial charge in [0.15, 0.2) is 5.82 Å². The number of rotatable bonds is 2. The molecule has 1 aliphatic heterocycles. The van der Waals surface area contributed by atoms with Crippen molar-refractivity contribution >= 4 is 12.2 Å². The smallest absolute Gasteiger partial charge is 0.160 e. The highest BCUT2D eigenvalue weighted by Gasteiger charge is 2.41. The Balaban J connectivity index is 1.47. The van der Waals surface area contributed by atoms with E-state index in [9.17, 15) is 0 Å². The Kier molecular flexibility index (Phi) is 4.92. The Morgan fingerprint density at radius 3 is 2.36 bits per heavy atom. The number of aromatic nitrogens is 2. The van der Waals surface area contributed by atoms with Crippen LogP contribution < -0.4 is 4.90 Å². The second kappa shape index (κ2) is 7.42. The third kappa shape index (κ3) is 3.17. The predicted molar refractivity (Wildman–Crippen MR) is 115 cm³/mol. The van der Waals surface area contributed by atoms with Crippen LogP contribution >= 0.6 is 0 Å². The van der Waals surface area contributed by atoms with E-state index in [4.69, 9.17) is 15.2 Å². The molecule has 152 valence electrons. The summed E-state index contributed by atoms with van der Waals surface area (Å²) < 4.78 is 0. The molecule has 1 aromatic rings. The summed E-state index contributed by atoms with van der Waals surface area (Å²) >= 11 is 0. The van der Waals surface area contributed by atoms with Crippen LogP contribution in [0.5, 0.6) is 0 Å². The Hall–Kier alpha value is -1.45. The zero-order valence-corrected chi connectivity index (χ0v) is 17.9. The number of fused-ring (bicyclic) bond motifs is 2. The first-order chi connectivity index (χ1) is 13.6. The van der Waals surface area contributed by atoms with Gasteiger partial charge in [0.05, 0.1) is 24.1 Å². The first-order valence-corrected chi connectivity index (χ1v) is 11.8. The Bertz CT molecular complexity index is 749. The number of anilines is 1. The molecule has 4 aliphatic rings. The highest BCUT2D eigenvalue weighted by molar-refractivity contribution is 5.82. The van der Waals surface area contributed by atoms with Gasteiger partial charge >= 0.3 is 0 Å². The summed E-state index contributed by atoms with van der Waals surface area (Å²) in [5.41, 5.74) is 4.42. The fourth-order valence-electron chi connectivity index (χ4n) is 6.18. The van der Waals surface area contributed by atoms with Crippen molar-refractivity contribution in [2.24, 2.45) is 22.7 Å². The molecule has 4 heteroatoms. The van der Waals surface area contributed by atoms with Gasteiger partial charge in [0.1, 0.15) is 0 Å². The highest BCUT2D eigenvalue weighted by atomic mass is 15.3. The maximum Gasteiger partial charge on any atom is 0.160 e. The van der Waals surface area contributed by atoms with Crippen LogP contribution in [0.15, 0.2) is 4.99 Å². The lowest BCUT2D eigenvalue weighted by Crippen LogP contribution is -2.44. The lowest BCUT2D eigenvalue weighted by atomic mass is 9.76. The number of hydrogen-bond acceptors (Lipinski definition) is 4. The molecule has 0 radical (unpaired) electrons. The first-order valence-electron chi connectivity index (χ1n) is 11.8. The molecule has 5 rings (SSSR count). The van der Waals surface area contributed by atoms with Crippen molar-refractivity contribution in [3.63, 3.8) is 0 Å². The Morgan fingerprint density at radius 2 is 1.57 bits per heavy atom. The van der Waals surface area contributed by atoms with Crippen LogP contribution in [-0.2, 0) is 12.8 Å². The molecule has 3 aliphatic carbocycles. The zero-order valence-electron chi connectivity index (χ0n) is 17.9. The molecule has 4 unspecified atom stereocenters. The van der Waals surface area contributed by atoms with Crippen LogP contribution in [0.2, 0.25) is 0 Å². The molecular weight excluding hydrogens is 344 g/mol. The summed E-state index contributed by atoms with van der Waals surface area (Å²) in [6.07, 6.45) is 14.8. The maximum absolute atomic E-state index is 4.90. The number of aliphatic imine (C=N–C) groups is 1. The summed E-state index contributed by atoms with van der Waals surface area (Å²) in [7, 11) is 0. The van der Waals surface area contributed by atoms with Crippen molar-refractivity contribution in [2.45, 2.75) is 103 Å². The third-order valence-corrected chi connectivity index (χ3v) is 8.33. The number of nitrogens with zero attached hydrogens (tertiary/aromatic N) is 4. The van der Waals surface area contributed by atoms with E-state index < -0.39 is 0 Å². The van der Waals surface area contributed by atoms with Crippen LogP contribution in [-0.4, -0.2) is 28.6 Å². The van der Waals surface area contributed by atoms with Crippen LogP contribution in [0.3, 0.4) is 0 Å². The van der Waals surface area contributed by atoms with E-state index in [0.29, 0.717) is 18.0 Å². The minimum atomic E-state index is 0.451. The molecule has 0 N–H and O–H groups in total. The molecule has 2 heterocycles. The van der Waals surface area contributed by atoms with Gasteiger partial charge in [0.2, 0.25) is 0 Å². The second-order valence-corrected chi connectivity index (χ2v) is 10.3. The second-order valence-electron chi connectivity index (χ2n) is 10.3. The highest BCUT2D eigenvalue weighted by Crippen LogP contribution is 2.42. The van der Waals surface area contributed by atoms with Gasteiger partial charge in [-0.05, 0) is 74.7 Å². The first kappa shape index (κ1) is 18.6. The topological polar surface area (TPSA) is 41.4 Å². The Labute approximate surface area is 170 Å². The van der Waals surface area contributed by atoms with Crippen molar-refractivity contribution in [1.82, 2.24) is 10.2 Å². The average molecular weight is 381 g/mol. The minimum Gasteiger partial charge on any atom is -0.310 e. The van der Waals surface area contributed by atoms with Gasteiger partial charge in [-0.1, -0.05) is 33.6 Å². The molecule has 2 saturated carbocycles. The molecule has 28 heavy (non-hydrogen) atoms. The van der Waals surface area contributed by atoms with E-state index >= 15 is 0 Å². The summed E-state index contributed by atoms with van der Waals surface area (Å²) in [6.45, 7) is 7.20. The molecule has 4 nitrogen and oxygen atoms in total. The van der Waals surface area contributed by atoms with Crippen molar-refractivity contribution in [2.75, 3.05) is 4.90 Å². The van der Waals surface area contributed by atoms with Gasteiger partial charge in [-0.15, -0.1) is 5.10 Å². The molecule has 0 amide bonds. The van der Waals surface area contributed by atoms with Gasteiger partial charge in [-0.25, -0.2) is 0 Å². The van der Waals surface area contributed by atoms with Crippen LogP contribution in [0.4, 0.5) is 5.82 Å². The van der Waals surface area contributed by atoms with Gasteiger partial charge in [-0.3, -0.25) is 4.99 Å². The quantitative estimate of drug-likeness (QED) is 0.699.